The fourth-order valence-electron chi connectivity index (χ4n) is 1.67. The molecule has 0 spiro atoms. The molecule has 18 heavy (non-hydrogen) atoms. The van der Waals surface area contributed by atoms with Crippen LogP contribution in [0.2, 0.25) is 0 Å². The molecule has 96 valence electrons. The monoisotopic (exact) mass is 263 g/mol. The van der Waals surface area contributed by atoms with Crippen molar-refractivity contribution >= 4 is 27.8 Å². The maximum Gasteiger partial charge on any atom is 0.190 e. The Hall–Kier alpha value is -1.75. The third kappa shape index (κ3) is 2.26. The molecule has 0 saturated heterocycles. The van der Waals surface area contributed by atoms with Gasteiger partial charge in [0.25, 0.3) is 0 Å². The van der Waals surface area contributed by atoms with Gasteiger partial charge in [0, 0.05) is 23.7 Å². The average Bonchev–Trinajstić information content (AvgIpc) is 2.68. The summed E-state index contributed by atoms with van der Waals surface area (Å²) in [6.07, 6.45) is 0. The Balaban J connectivity index is 2.42. The molecule has 0 radical (unpaired) electrons. The summed E-state index contributed by atoms with van der Waals surface area (Å²) in [5.74, 6) is 0.753. The summed E-state index contributed by atoms with van der Waals surface area (Å²) in [6.45, 7) is 4.09. The van der Waals surface area contributed by atoms with E-state index < -0.39 is 0 Å². The number of hydrogen-bond donors (Lipinski definition) is 1. The molecule has 0 fully saturated rings. The largest absolute Gasteiger partial charge is 0.494 e. The first-order valence-electron chi connectivity index (χ1n) is 5.64. The Bertz CT molecular complexity index is 546. The van der Waals surface area contributed by atoms with Crippen LogP contribution >= 0.6 is 11.3 Å². The Morgan fingerprint density at radius 2 is 2.06 bits per heavy atom. The Morgan fingerprint density at radius 1 is 1.33 bits per heavy atom. The number of rotatable bonds is 3. The molecule has 0 aliphatic heterocycles. The number of nitrogens with two attached hydrogens (primary N) is 1. The van der Waals surface area contributed by atoms with Crippen LogP contribution in [0, 0.1) is 13.8 Å². The summed E-state index contributed by atoms with van der Waals surface area (Å²) in [5.41, 5.74) is 8.47. The summed E-state index contributed by atoms with van der Waals surface area (Å²) in [4.78, 5) is 7.79. The van der Waals surface area contributed by atoms with E-state index >= 15 is 0 Å². The van der Waals surface area contributed by atoms with E-state index in [4.69, 9.17) is 10.5 Å². The number of thiazole rings is 1. The van der Waals surface area contributed by atoms with Crippen LogP contribution in [-0.2, 0) is 0 Å². The van der Waals surface area contributed by atoms with Crippen LogP contribution in [-0.4, -0.2) is 19.1 Å². The second-order valence-corrected chi connectivity index (χ2v) is 5.31. The molecule has 0 aliphatic carbocycles. The maximum absolute atomic E-state index is 5.76. The molecule has 0 unspecified atom stereocenters. The third-order valence-electron chi connectivity index (χ3n) is 2.87. The zero-order valence-electron chi connectivity index (χ0n) is 11.0. The van der Waals surface area contributed by atoms with Crippen molar-refractivity contribution in [3.05, 3.63) is 28.8 Å². The molecule has 0 bridgehead atoms. The SMILES string of the molecule is COc1cc(N)ccc1N(C)c1nc(C)c(C)s1. The minimum Gasteiger partial charge on any atom is -0.494 e. The highest BCUT2D eigenvalue weighted by Crippen LogP contribution is 2.36. The first-order chi connectivity index (χ1) is 8.52. The van der Waals surface area contributed by atoms with E-state index in [1.165, 1.54) is 4.88 Å². The lowest BCUT2D eigenvalue weighted by molar-refractivity contribution is 0.416. The molecule has 0 amide bonds. The highest BCUT2D eigenvalue weighted by molar-refractivity contribution is 7.15. The van der Waals surface area contributed by atoms with Crippen molar-refractivity contribution in [2.75, 3.05) is 24.8 Å². The molecular formula is C13H17N3OS. The Labute approximate surface area is 111 Å². The summed E-state index contributed by atoms with van der Waals surface area (Å²) in [5, 5.41) is 0.952. The van der Waals surface area contributed by atoms with E-state index in [0.717, 1.165) is 22.3 Å². The Kier molecular flexibility index (Phi) is 3.43. The second kappa shape index (κ2) is 4.86. The molecule has 0 atom stereocenters. The number of ether oxygens (including phenoxy) is 1. The minimum atomic E-state index is 0.690. The fourth-order valence-corrected chi connectivity index (χ4v) is 2.56. The van der Waals surface area contributed by atoms with Crippen LogP contribution in [0.15, 0.2) is 18.2 Å². The van der Waals surface area contributed by atoms with Gasteiger partial charge < -0.3 is 15.4 Å². The van der Waals surface area contributed by atoms with Crippen molar-refractivity contribution in [3.8, 4) is 5.75 Å². The molecule has 1 aromatic carbocycles. The van der Waals surface area contributed by atoms with Gasteiger partial charge in [-0.1, -0.05) is 0 Å². The van der Waals surface area contributed by atoms with E-state index in [-0.39, 0.29) is 0 Å². The average molecular weight is 263 g/mol. The van der Waals surface area contributed by atoms with Crippen LogP contribution in [0.1, 0.15) is 10.6 Å². The standard InChI is InChI=1S/C13H17N3OS/c1-8-9(2)18-13(15-8)16(3)11-6-5-10(14)7-12(11)17-4/h5-7H,14H2,1-4H3. The molecule has 4 nitrogen and oxygen atoms in total. The van der Waals surface area contributed by atoms with Crippen molar-refractivity contribution < 1.29 is 4.74 Å². The van der Waals surface area contributed by atoms with Gasteiger partial charge in [-0.2, -0.15) is 0 Å². The van der Waals surface area contributed by atoms with E-state index in [1.807, 2.05) is 37.1 Å². The minimum absolute atomic E-state index is 0.690. The lowest BCUT2D eigenvalue weighted by Crippen LogP contribution is -2.10. The van der Waals surface area contributed by atoms with Crippen LogP contribution < -0.4 is 15.4 Å². The highest BCUT2D eigenvalue weighted by Gasteiger charge is 2.14. The number of benzene rings is 1. The topological polar surface area (TPSA) is 51.4 Å². The number of methoxy groups -OCH3 is 1. The number of aryl methyl sites for hydroxylation is 2. The van der Waals surface area contributed by atoms with Crippen LogP contribution in [0.5, 0.6) is 5.75 Å². The van der Waals surface area contributed by atoms with Crippen molar-refractivity contribution in [3.63, 3.8) is 0 Å². The van der Waals surface area contributed by atoms with Gasteiger partial charge in [-0.3, -0.25) is 0 Å². The fraction of sp³-hybridized carbons (Fsp3) is 0.308. The van der Waals surface area contributed by atoms with Crippen molar-refractivity contribution in [2.45, 2.75) is 13.8 Å². The lowest BCUT2D eigenvalue weighted by atomic mass is 10.2. The molecule has 1 heterocycles. The maximum atomic E-state index is 5.76. The molecule has 0 saturated carbocycles. The first kappa shape index (κ1) is 12.7. The molecule has 0 aliphatic rings. The van der Waals surface area contributed by atoms with Crippen LogP contribution in [0.3, 0.4) is 0 Å². The molecule has 2 aromatic rings. The predicted molar refractivity (Wildman–Crippen MR) is 77.1 cm³/mol. The number of hydrogen-bond acceptors (Lipinski definition) is 5. The molecule has 1 aromatic heterocycles. The quantitative estimate of drug-likeness (QED) is 0.864. The smallest absolute Gasteiger partial charge is 0.190 e. The third-order valence-corrected chi connectivity index (χ3v) is 4.02. The predicted octanol–water partition coefficient (Wildman–Crippen LogP) is 3.12. The molecular weight excluding hydrogens is 246 g/mol. The summed E-state index contributed by atoms with van der Waals surface area (Å²) in [7, 11) is 3.62. The lowest BCUT2D eigenvalue weighted by Gasteiger charge is -2.19. The normalized spacial score (nSPS) is 10.4. The number of nitrogen functional groups attached to an aromatic ring is 1. The zero-order chi connectivity index (χ0) is 13.3. The molecule has 5 heteroatoms. The number of nitrogens with zero attached hydrogens (tertiary/aromatic N) is 2. The van der Waals surface area contributed by atoms with E-state index in [1.54, 1.807) is 18.4 Å². The summed E-state index contributed by atoms with van der Waals surface area (Å²) < 4.78 is 5.36. The second-order valence-electron chi connectivity index (χ2n) is 4.13. The highest BCUT2D eigenvalue weighted by atomic mass is 32.1. The van der Waals surface area contributed by atoms with Gasteiger partial charge in [-0.15, -0.1) is 11.3 Å². The van der Waals surface area contributed by atoms with Crippen LogP contribution in [0.25, 0.3) is 0 Å². The van der Waals surface area contributed by atoms with Gasteiger partial charge >= 0.3 is 0 Å². The van der Waals surface area contributed by atoms with Gasteiger partial charge in [-0.05, 0) is 26.0 Å². The zero-order valence-corrected chi connectivity index (χ0v) is 11.8. The van der Waals surface area contributed by atoms with Gasteiger partial charge in [0.2, 0.25) is 0 Å². The summed E-state index contributed by atoms with van der Waals surface area (Å²) in [6, 6.07) is 5.63. The Morgan fingerprint density at radius 3 is 2.61 bits per heavy atom. The molecule has 2 N–H and O–H groups in total. The van der Waals surface area contributed by atoms with Gasteiger partial charge in [0.1, 0.15) is 5.75 Å². The molecule has 2 rings (SSSR count). The number of anilines is 3. The van der Waals surface area contributed by atoms with Crippen molar-refractivity contribution in [1.82, 2.24) is 4.98 Å². The van der Waals surface area contributed by atoms with E-state index in [2.05, 4.69) is 11.9 Å². The number of aromatic nitrogens is 1. The van der Waals surface area contributed by atoms with Gasteiger partial charge in [0.15, 0.2) is 5.13 Å². The van der Waals surface area contributed by atoms with Crippen LogP contribution in [0.4, 0.5) is 16.5 Å². The first-order valence-corrected chi connectivity index (χ1v) is 6.46. The van der Waals surface area contributed by atoms with E-state index in [9.17, 15) is 0 Å². The summed E-state index contributed by atoms with van der Waals surface area (Å²) >= 11 is 1.67. The van der Waals surface area contributed by atoms with Gasteiger partial charge in [0.05, 0.1) is 18.5 Å². The van der Waals surface area contributed by atoms with Crippen molar-refractivity contribution in [1.29, 1.82) is 0 Å². The van der Waals surface area contributed by atoms with Crippen molar-refractivity contribution in [2.24, 2.45) is 0 Å². The van der Waals surface area contributed by atoms with E-state index in [0.29, 0.717) is 5.69 Å². The van der Waals surface area contributed by atoms with Gasteiger partial charge in [-0.25, -0.2) is 4.98 Å².